The Morgan fingerprint density at radius 3 is 2.14 bits per heavy atom. The summed E-state index contributed by atoms with van der Waals surface area (Å²) in [6, 6.07) is 5.92. The molecule has 0 amide bonds. The van der Waals surface area contributed by atoms with Gasteiger partial charge in [0.1, 0.15) is 0 Å². The smallest absolute Gasteiger partial charge is 0.322 e. The molecule has 0 bridgehead atoms. The van der Waals surface area contributed by atoms with Crippen molar-refractivity contribution in [1.29, 1.82) is 0 Å². The summed E-state index contributed by atoms with van der Waals surface area (Å²) in [6.07, 6.45) is -0.388. The van der Waals surface area contributed by atoms with E-state index in [0.717, 1.165) is 5.56 Å². The predicted molar refractivity (Wildman–Crippen MR) is 47.9 cm³/mol. The lowest BCUT2D eigenvalue weighted by atomic mass is 10.2. The quantitative estimate of drug-likeness (QED) is 0.703. The molecule has 1 heterocycles. The minimum atomic E-state index is -4.14. The lowest BCUT2D eigenvalue weighted by Gasteiger charge is -2.26. The molecule has 6 heteroatoms. The normalized spacial score (nSPS) is 17.9. The zero-order chi connectivity index (χ0) is 10.2. The topological polar surface area (TPSA) is 76.0 Å². The first-order valence-electron chi connectivity index (χ1n) is 3.96. The molecule has 1 aliphatic rings. The number of benzene rings is 1. The highest BCUT2D eigenvalue weighted by atomic mass is 31.2. The van der Waals surface area contributed by atoms with Gasteiger partial charge in [0.15, 0.2) is 13.1 Å². The van der Waals surface area contributed by atoms with E-state index >= 15 is 0 Å². The van der Waals surface area contributed by atoms with Crippen LogP contribution in [0.3, 0.4) is 0 Å². The number of ether oxygens (including phenoxy) is 2. The van der Waals surface area contributed by atoms with E-state index in [1.165, 1.54) is 12.1 Å². The maximum atomic E-state index is 10.8. The third-order valence-corrected chi connectivity index (χ3v) is 2.91. The van der Waals surface area contributed by atoms with Crippen molar-refractivity contribution in [2.45, 2.75) is 6.29 Å². The molecular weight excluding hydrogens is 207 g/mol. The first kappa shape index (κ1) is 9.83. The van der Waals surface area contributed by atoms with Crippen molar-refractivity contribution in [3.63, 3.8) is 0 Å². The minimum Gasteiger partial charge on any atom is -0.322 e. The van der Waals surface area contributed by atoms with Crippen molar-refractivity contribution in [3.8, 4) is 0 Å². The van der Waals surface area contributed by atoms with Gasteiger partial charge in [-0.3, -0.25) is 4.57 Å². The van der Waals surface area contributed by atoms with Crippen LogP contribution in [-0.4, -0.2) is 16.6 Å². The second-order valence-corrected chi connectivity index (χ2v) is 4.52. The van der Waals surface area contributed by atoms with Crippen LogP contribution in [0, 0.1) is 0 Å². The zero-order valence-corrected chi connectivity index (χ0v) is 8.05. The second-order valence-electron chi connectivity index (χ2n) is 2.92. The summed E-state index contributed by atoms with van der Waals surface area (Å²) in [6.45, 7) is 0.269. The van der Waals surface area contributed by atoms with Gasteiger partial charge >= 0.3 is 7.60 Å². The van der Waals surface area contributed by atoms with E-state index in [1.54, 1.807) is 12.1 Å². The summed E-state index contributed by atoms with van der Waals surface area (Å²) in [5.41, 5.74) is 0.758. The van der Waals surface area contributed by atoms with Crippen molar-refractivity contribution < 1.29 is 23.8 Å². The lowest BCUT2D eigenvalue weighted by Crippen LogP contribution is -2.22. The maximum Gasteiger partial charge on any atom is 0.356 e. The van der Waals surface area contributed by atoms with Gasteiger partial charge in [-0.1, -0.05) is 12.1 Å². The van der Waals surface area contributed by atoms with E-state index < -0.39 is 7.60 Å². The van der Waals surface area contributed by atoms with Gasteiger partial charge in [-0.25, -0.2) is 0 Å². The summed E-state index contributed by atoms with van der Waals surface area (Å²) in [5, 5.41) is 0.000531. The Morgan fingerprint density at radius 2 is 1.79 bits per heavy atom. The van der Waals surface area contributed by atoms with Gasteiger partial charge in [-0.05, 0) is 12.1 Å². The van der Waals surface area contributed by atoms with E-state index in [0.29, 0.717) is 0 Å². The van der Waals surface area contributed by atoms with Crippen molar-refractivity contribution >= 4 is 12.9 Å². The van der Waals surface area contributed by atoms with Crippen LogP contribution >= 0.6 is 7.60 Å². The van der Waals surface area contributed by atoms with Crippen LogP contribution in [0.25, 0.3) is 0 Å². The molecule has 5 nitrogen and oxygen atoms in total. The molecule has 0 saturated carbocycles. The third-order valence-electron chi connectivity index (χ3n) is 1.94. The van der Waals surface area contributed by atoms with Gasteiger partial charge in [-0.15, -0.1) is 0 Å². The van der Waals surface area contributed by atoms with Crippen LogP contribution in [0.15, 0.2) is 24.3 Å². The van der Waals surface area contributed by atoms with E-state index in [-0.39, 0.29) is 18.4 Å². The van der Waals surface area contributed by atoms with Crippen LogP contribution in [-0.2, 0) is 14.0 Å². The highest BCUT2D eigenvalue weighted by Gasteiger charge is 2.22. The molecule has 1 fully saturated rings. The van der Waals surface area contributed by atoms with Gasteiger partial charge in [0.2, 0.25) is 0 Å². The molecule has 0 spiro atoms. The average molecular weight is 216 g/mol. The molecule has 2 rings (SSSR count). The minimum absolute atomic E-state index is 0.000531. The van der Waals surface area contributed by atoms with Gasteiger partial charge in [0, 0.05) is 5.56 Å². The Kier molecular flexibility index (Phi) is 2.43. The molecule has 1 aromatic carbocycles. The fraction of sp³-hybridized carbons (Fsp3) is 0.250. The maximum absolute atomic E-state index is 10.8. The van der Waals surface area contributed by atoms with Crippen LogP contribution in [0.1, 0.15) is 11.9 Å². The summed E-state index contributed by atoms with van der Waals surface area (Å²) < 4.78 is 20.9. The van der Waals surface area contributed by atoms with Crippen LogP contribution < -0.4 is 5.30 Å². The highest BCUT2D eigenvalue weighted by Crippen LogP contribution is 2.34. The van der Waals surface area contributed by atoms with Crippen molar-refractivity contribution in [2.24, 2.45) is 0 Å². The summed E-state index contributed by atoms with van der Waals surface area (Å²) in [4.78, 5) is 17.7. The third kappa shape index (κ3) is 1.87. The molecule has 0 aliphatic carbocycles. The molecule has 0 aromatic heterocycles. The molecule has 0 atom stereocenters. The van der Waals surface area contributed by atoms with Crippen molar-refractivity contribution in [3.05, 3.63) is 29.8 Å². The molecule has 1 saturated heterocycles. The lowest BCUT2D eigenvalue weighted by molar-refractivity contribution is -0.326. The molecule has 76 valence electrons. The van der Waals surface area contributed by atoms with E-state index in [9.17, 15) is 4.57 Å². The van der Waals surface area contributed by atoms with Crippen LogP contribution in [0.4, 0.5) is 0 Å². The Morgan fingerprint density at radius 1 is 1.21 bits per heavy atom. The zero-order valence-electron chi connectivity index (χ0n) is 7.16. The first-order valence-corrected chi connectivity index (χ1v) is 5.58. The van der Waals surface area contributed by atoms with E-state index in [2.05, 4.69) is 0 Å². The Bertz CT molecular complexity index is 364. The Hall–Kier alpha value is -0.710. The largest absolute Gasteiger partial charge is 0.356 e. The molecule has 2 N–H and O–H groups in total. The molecule has 1 aliphatic heterocycles. The Balaban J connectivity index is 2.21. The summed E-state index contributed by atoms with van der Waals surface area (Å²) in [5.74, 6) is 0. The number of rotatable bonds is 2. The van der Waals surface area contributed by atoms with Crippen molar-refractivity contribution in [2.75, 3.05) is 6.79 Å². The fourth-order valence-corrected chi connectivity index (χ4v) is 1.69. The molecule has 0 unspecified atom stereocenters. The van der Waals surface area contributed by atoms with E-state index in [4.69, 9.17) is 19.3 Å². The summed E-state index contributed by atoms with van der Waals surface area (Å²) in [7, 11) is -4.14. The Labute approximate surface area is 80.4 Å². The first-order chi connectivity index (χ1) is 6.57. The fourth-order valence-electron chi connectivity index (χ4n) is 1.15. The van der Waals surface area contributed by atoms with Gasteiger partial charge in [-0.2, -0.15) is 0 Å². The average Bonchev–Trinajstić information content (AvgIpc) is 2.00. The molecule has 0 radical (unpaired) electrons. The molecular formula is C8H9O5P. The van der Waals surface area contributed by atoms with Crippen molar-refractivity contribution in [1.82, 2.24) is 0 Å². The van der Waals surface area contributed by atoms with Gasteiger partial charge in [0.05, 0.1) is 5.30 Å². The number of hydrogen-bond acceptors (Lipinski definition) is 3. The summed E-state index contributed by atoms with van der Waals surface area (Å²) >= 11 is 0. The standard InChI is InChI=1S/C8H9O5P/c9-14(10,11)7-3-1-6(2-4-7)8-12-5-13-8/h1-4,8H,5H2,(H2,9,10,11). The second kappa shape index (κ2) is 3.46. The monoisotopic (exact) mass is 216 g/mol. The highest BCUT2D eigenvalue weighted by molar-refractivity contribution is 7.60. The van der Waals surface area contributed by atoms with E-state index in [1.807, 2.05) is 0 Å². The van der Waals surface area contributed by atoms with Gasteiger partial charge < -0.3 is 19.3 Å². The molecule has 14 heavy (non-hydrogen) atoms. The SMILES string of the molecule is O=P(O)(O)c1ccc(C2OCO2)cc1. The number of hydrogen-bond donors (Lipinski definition) is 2. The predicted octanol–water partition coefficient (Wildman–Crippen LogP) is 0.492. The molecule has 1 aromatic rings. The van der Waals surface area contributed by atoms with Crippen LogP contribution in [0.2, 0.25) is 0 Å². The van der Waals surface area contributed by atoms with Gasteiger partial charge in [0.25, 0.3) is 0 Å². The van der Waals surface area contributed by atoms with Crippen LogP contribution in [0.5, 0.6) is 0 Å².